The van der Waals surface area contributed by atoms with E-state index in [1.807, 2.05) is 22.9 Å². The summed E-state index contributed by atoms with van der Waals surface area (Å²) in [6.45, 7) is -0.540. The molecule has 0 fully saturated rings. The number of ether oxygens (including phenoxy) is 1. The normalized spacial score (nSPS) is 13.0. The van der Waals surface area contributed by atoms with E-state index in [-0.39, 0.29) is 24.5 Å². The Balaban J connectivity index is 1.51. The number of thiazole rings is 1. The van der Waals surface area contributed by atoms with Crippen molar-refractivity contribution in [3.8, 4) is 16.3 Å². The summed E-state index contributed by atoms with van der Waals surface area (Å²) < 4.78 is 5.29. The highest BCUT2D eigenvalue weighted by Gasteiger charge is 2.29. The van der Waals surface area contributed by atoms with Crippen molar-refractivity contribution in [2.24, 2.45) is 0 Å². The number of non-ortho nitro benzene ring substituents is 1. The number of benzene rings is 1. The van der Waals surface area contributed by atoms with Gasteiger partial charge in [0.25, 0.3) is 11.6 Å². The van der Waals surface area contributed by atoms with Crippen molar-refractivity contribution < 1.29 is 19.2 Å². The Morgan fingerprint density at radius 3 is 2.96 bits per heavy atom. The van der Waals surface area contributed by atoms with Gasteiger partial charge in [-0.15, -0.1) is 22.7 Å². The summed E-state index contributed by atoms with van der Waals surface area (Å²) >= 11 is 2.82. The highest BCUT2D eigenvalue weighted by molar-refractivity contribution is 7.16. The molecule has 0 atom stereocenters. The van der Waals surface area contributed by atoms with E-state index in [1.165, 1.54) is 34.4 Å². The van der Waals surface area contributed by atoms with Crippen molar-refractivity contribution in [2.75, 3.05) is 23.4 Å². The van der Waals surface area contributed by atoms with E-state index in [4.69, 9.17) is 4.74 Å². The van der Waals surface area contributed by atoms with Gasteiger partial charge in [0.2, 0.25) is 5.91 Å². The minimum Gasteiger partial charge on any atom is -0.482 e. The van der Waals surface area contributed by atoms with Crippen LogP contribution in [0.3, 0.4) is 0 Å². The predicted octanol–water partition coefficient (Wildman–Crippen LogP) is 3.14. The van der Waals surface area contributed by atoms with Gasteiger partial charge >= 0.3 is 0 Å². The number of nitrogens with one attached hydrogen (secondary N) is 1. The van der Waals surface area contributed by atoms with Crippen LogP contribution in [0, 0.1) is 10.1 Å². The Morgan fingerprint density at radius 1 is 1.36 bits per heavy atom. The fourth-order valence-electron chi connectivity index (χ4n) is 2.65. The van der Waals surface area contributed by atoms with Gasteiger partial charge in [-0.25, -0.2) is 4.98 Å². The van der Waals surface area contributed by atoms with Gasteiger partial charge in [0.05, 0.1) is 21.2 Å². The number of rotatable bonds is 5. The fourth-order valence-corrected chi connectivity index (χ4v) is 4.14. The van der Waals surface area contributed by atoms with Gasteiger partial charge in [0.1, 0.15) is 12.3 Å². The number of hydrogen-bond acceptors (Lipinski definition) is 8. The summed E-state index contributed by atoms with van der Waals surface area (Å²) in [6, 6.07) is 7.77. The average Bonchev–Trinajstić information content (AvgIpc) is 3.35. The molecule has 11 heteroatoms. The summed E-state index contributed by atoms with van der Waals surface area (Å²) in [7, 11) is 0. The van der Waals surface area contributed by atoms with E-state index in [9.17, 15) is 19.7 Å². The molecule has 2 aromatic heterocycles. The molecule has 2 amide bonds. The Labute approximate surface area is 166 Å². The molecule has 9 nitrogen and oxygen atoms in total. The number of aromatic nitrogens is 1. The molecule has 1 N–H and O–H groups in total. The smallest absolute Gasteiger partial charge is 0.271 e. The van der Waals surface area contributed by atoms with Gasteiger partial charge in [-0.3, -0.25) is 24.6 Å². The first kappa shape index (κ1) is 18.1. The Bertz CT molecular complexity index is 1060. The maximum Gasteiger partial charge on any atom is 0.271 e. The molecule has 0 unspecified atom stereocenters. The zero-order valence-corrected chi connectivity index (χ0v) is 15.8. The SMILES string of the molecule is O=C(CN1C(=O)COc2ccc([N+](=O)[O-])cc21)Nc1nc(-c2cccs2)cs1. The second kappa shape index (κ2) is 7.37. The number of carbonyl (C=O) groups is 2. The van der Waals surface area contributed by atoms with E-state index in [0.717, 1.165) is 10.6 Å². The summed E-state index contributed by atoms with van der Waals surface area (Å²) in [5, 5.41) is 17.9. The molecule has 4 rings (SSSR count). The van der Waals surface area contributed by atoms with Crippen molar-refractivity contribution in [2.45, 2.75) is 0 Å². The molecule has 142 valence electrons. The van der Waals surface area contributed by atoms with Crippen LogP contribution in [0.2, 0.25) is 0 Å². The lowest BCUT2D eigenvalue weighted by Crippen LogP contribution is -2.43. The second-order valence-corrected chi connectivity index (χ2v) is 7.55. The zero-order valence-electron chi connectivity index (χ0n) is 14.2. The molecule has 0 saturated heterocycles. The minimum atomic E-state index is -0.570. The van der Waals surface area contributed by atoms with Gasteiger partial charge in [-0.1, -0.05) is 6.07 Å². The van der Waals surface area contributed by atoms with Crippen LogP contribution in [-0.4, -0.2) is 34.9 Å². The van der Waals surface area contributed by atoms with Gasteiger partial charge < -0.3 is 10.1 Å². The van der Waals surface area contributed by atoms with Gasteiger partial charge in [-0.2, -0.15) is 0 Å². The monoisotopic (exact) mass is 416 g/mol. The van der Waals surface area contributed by atoms with E-state index >= 15 is 0 Å². The van der Waals surface area contributed by atoms with Crippen LogP contribution in [0.1, 0.15) is 0 Å². The number of amides is 2. The molecule has 3 aromatic rings. The topological polar surface area (TPSA) is 115 Å². The van der Waals surface area contributed by atoms with Crippen molar-refractivity contribution in [1.82, 2.24) is 4.98 Å². The first-order valence-corrected chi connectivity index (χ1v) is 9.78. The molecular weight excluding hydrogens is 404 g/mol. The molecule has 0 radical (unpaired) electrons. The molecule has 3 heterocycles. The summed E-state index contributed by atoms with van der Waals surface area (Å²) in [6.07, 6.45) is 0. The quantitative estimate of drug-likeness (QED) is 0.505. The molecule has 1 aliphatic heterocycles. The maximum atomic E-state index is 12.4. The van der Waals surface area contributed by atoms with E-state index in [0.29, 0.717) is 10.9 Å². The first-order chi connectivity index (χ1) is 13.5. The third-order valence-corrected chi connectivity index (χ3v) is 5.57. The second-order valence-electron chi connectivity index (χ2n) is 5.74. The summed E-state index contributed by atoms with van der Waals surface area (Å²) in [5.74, 6) is -0.603. The first-order valence-electron chi connectivity index (χ1n) is 8.02. The number of nitro benzene ring substituents is 1. The Morgan fingerprint density at radius 2 is 2.21 bits per heavy atom. The summed E-state index contributed by atoms with van der Waals surface area (Å²) in [5.41, 5.74) is 0.765. The molecule has 1 aromatic carbocycles. The Kier molecular flexibility index (Phi) is 4.75. The maximum absolute atomic E-state index is 12.4. The van der Waals surface area contributed by atoms with Crippen LogP contribution in [0.15, 0.2) is 41.1 Å². The van der Waals surface area contributed by atoms with Crippen LogP contribution >= 0.6 is 22.7 Å². The average molecular weight is 416 g/mol. The molecule has 0 bridgehead atoms. The molecule has 28 heavy (non-hydrogen) atoms. The van der Waals surface area contributed by atoms with Crippen LogP contribution in [0.5, 0.6) is 5.75 Å². The van der Waals surface area contributed by atoms with Crippen molar-refractivity contribution >= 4 is 51.0 Å². The van der Waals surface area contributed by atoms with Gasteiger partial charge in [-0.05, 0) is 17.5 Å². The third kappa shape index (κ3) is 3.57. The fraction of sp³-hybridized carbons (Fsp3) is 0.118. The minimum absolute atomic E-state index is 0.192. The summed E-state index contributed by atoms with van der Waals surface area (Å²) in [4.78, 5) is 41.6. The van der Waals surface area contributed by atoms with Crippen LogP contribution < -0.4 is 15.0 Å². The Hall–Kier alpha value is -3.31. The highest BCUT2D eigenvalue weighted by Crippen LogP contribution is 2.35. The van der Waals surface area contributed by atoms with Crippen LogP contribution in [0.25, 0.3) is 10.6 Å². The highest BCUT2D eigenvalue weighted by atomic mass is 32.1. The van der Waals surface area contributed by atoms with Gasteiger partial charge in [0, 0.05) is 17.5 Å². The molecule has 0 aliphatic carbocycles. The van der Waals surface area contributed by atoms with Crippen molar-refractivity contribution in [3.63, 3.8) is 0 Å². The van der Waals surface area contributed by atoms with E-state index in [1.54, 1.807) is 11.3 Å². The lowest BCUT2D eigenvalue weighted by Gasteiger charge is -2.28. The lowest BCUT2D eigenvalue weighted by molar-refractivity contribution is -0.384. The van der Waals surface area contributed by atoms with Gasteiger partial charge in [0.15, 0.2) is 11.7 Å². The van der Waals surface area contributed by atoms with Crippen LogP contribution in [-0.2, 0) is 9.59 Å². The number of carbonyl (C=O) groups excluding carboxylic acids is 2. The van der Waals surface area contributed by atoms with E-state index < -0.39 is 16.7 Å². The van der Waals surface area contributed by atoms with Crippen molar-refractivity contribution in [1.29, 1.82) is 0 Å². The largest absolute Gasteiger partial charge is 0.482 e. The number of nitro groups is 1. The van der Waals surface area contributed by atoms with Crippen LogP contribution in [0.4, 0.5) is 16.5 Å². The number of hydrogen-bond donors (Lipinski definition) is 1. The zero-order chi connectivity index (χ0) is 19.7. The lowest BCUT2D eigenvalue weighted by atomic mass is 10.2. The standard InChI is InChI=1S/C17H12N4O5S2/c22-15(19-17-18-11(9-28-17)14-2-1-5-27-14)7-20-12-6-10(21(24)25)3-4-13(12)26-8-16(20)23/h1-6,9H,7-8H2,(H,18,19,22). The molecule has 0 saturated carbocycles. The van der Waals surface area contributed by atoms with E-state index in [2.05, 4.69) is 10.3 Å². The number of nitrogens with zero attached hydrogens (tertiary/aromatic N) is 3. The molecule has 1 aliphatic rings. The molecular formula is C17H12N4O5S2. The predicted molar refractivity (Wildman–Crippen MR) is 105 cm³/mol. The van der Waals surface area contributed by atoms with Crippen molar-refractivity contribution in [3.05, 3.63) is 51.2 Å². The third-order valence-electron chi connectivity index (χ3n) is 3.92. The number of anilines is 2. The molecule has 0 spiro atoms. The number of thiophene rings is 1. The number of fused-ring (bicyclic) bond motifs is 1.